The zero-order valence-corrected chi connectivity index (χ0v) is 13.9. The molecule has 0 spiro atoms. The van der Waals surface area contributed by atoms with Crippen LogP contribution in [0.15, 0.2) is 48.5 Å². The van der Waals surface area contributed by atoms with E-state index in [0.717, 1.165) is 24.1 Å². The number of likely N-dealkylation sites (tertiary alicyclic amines) is 1. The topological polar surface area (TPSA) is 12.5 Å². The number of piperidine rings is 1. The van der Waals surface area contributed by atoms with Gasteiger partial charge in [0, 0.05) is 13.1 Å². The molecule has 2 heteroatoms. The van der Waals surface area contributed by atoms with Crippen LogP contribution in [0.4, 0.5) is 0 Å². The average molecular weight is 307 g/mol. The van der Waals surface area contributed by atoms with E-state index >= 15 is 0 Å². The molecule has 0 bridgehead atoms. The van der Waals surface area contributed by atoms with Gasteiger partial charge in [-0.05, 0) is 66.5 Å². The van der Waals surface area contributed by atoms with E-state index in [4.69, 9.17) is 4.74 Å². The Bertz CT molecular complexity index is 667. The van der Waals surface area contributed by atoms with Crippen LogP contribution in [-0.4, -0.2) is 25.1 Å². The fourth-order valence-electron chi connectivity index (χ4n) is 4.42. The number of rotatable bonds is 3. The summed E-state index contributed by atoms with van der Waals surface area (Å²) in [6, 6.07) is 17.6. The molecule has 1 fully saturated rings. The maximum atomic E-state index is 5.39. The summed E-state index contributed by atoms with van der Waals surface area (Å²) in [4.78, 5) is 2.64. The maximum absolute atomic E-state index is 5.39. The molecule has 0 radical (unpaired) electrons. The smallest absolute Gasteiger partial charge is 0.119 e. The highest BCUT2D eigenvalue weighted by Crippen LogP contribution is 2.42. The van der Waals surface area contributed by atoms with Crippen molar-refractivity contribution in [3.05, 3.63) is 65.2 Å². The van der Waals surface area contributed by atoms with Gasteiger partial charge in [-0.15, -0.1) is 0 Å². The predicted molar refractivity (Wildman–Crippen MR) is 93.9 cm³/mol. The highest BCUT2D eigenvalue weighted by molar-refractivity contribution is 5.40. The molecule has 2 atom stereocenters. The van der Waals surface area contributed by atoms with E-state index in [-0.39, 0.29) is 0 Å². The molecule has 1 aliphatic heterocycles. The lowest BCUT2D eigenvalue weighted by Crippen LogP contribution is -2.41. The Labute approximate surface area is 139 Å². The Morgan fingerprint density at radius 2 is 1.96 bits per heavy atom. The number of methoxy groups -OCH3 is 1. The summed E-state index contributed by atoms with van der Waals surface area (Å²) in [5.41, 5.74) is 4.54. The van der Waals surface area contributed by atoms with Crippen LogP contribution in [0.3, 0.4) is 0 Å². The normalized spacial score (nSPS) is 23.9. The average Bonchev–Trinajstić information content (AvgIpc) is 2.61. The summed E-state index contributed by atoms with van der Waals surface area (Å²) in [6.07, 6.45) is 3.81. The van der Waals surface area contributed by atoms with E-state index < -0.39 is 0 Å². The lowest BCUT2D eigenvalue weighted by atomic mass is 9.71. The molecular formula is C21H25NO. The van der Waals surface area contributed by atoms with Crippen molar-refractivity contribution >= 4 is 0 Å². The minimum absolute atomic E-state index is 0.747. The van der Waals surface area contributed by atoms with Crippen molar-refractivity contribution in [3.8, 4) is 5.75 Å². The fourth-order valence-corrected chi connectivity index (χ4v) is 4.42. The van der Waals surface area contributed by atoms with Gasteiger partial charge in [-0.3, -0.25) is 4.90 Å². The first-order valence-corrected chi connectivity index (χ1v) is 8.76. The fraction of sp³-hybridized carbons (Fsp3) is 0.429. The van der Waals surface area contributed by atoms with E-state index in [9.17, 15) is 0 Å². The van der Waals surface area contributed by atoms with E-state index in [1.165, 1.54) is 43.5 Å². The first kappa shape index (κ1) is 14.8. The van der Waals surface area contributed by atoms with Crippen LogP contribution in [0.2, 0.25) is 0 Å². The maximum Gasteiger partial charge on any atom is 0.119 e. The zero-order chi connectivity index (χ0) is 15.6. The van der Waals surface area contributed by atoms with Crippen molar-refractivity contribution in [2.75, 3.05) is 20.2 Å². The first-order valence-electron chi connectivity index (χ1n) is 8.76. The van der Waals surface area contributed by atoms with Crippen LogP contribution in [0.1, 0.15) is 35.4 Å². The van der Waals surface area contributed by atoms with E-state index in [2.05, 4.69) is 53.4 Å². The number of hydrogen-bond acceptors (Lipinski definition) is 2. The molecule has 2 aliphatic rings. The largest absolute Gasteiger partial charge is 0.497 e. The molecule has 0 amide bonds. The number of ether oxygens (including phenoxy) is 1. The Balaban J connectivity index is 1.47. The van der Waals surface area contributed by atoms with Crippen LogP contribution in [0.5, 0.6) is 5.75 Å². The van der Waals surface area contributed by atoms with Crippen LogP contribution in [-0.2, 0) is 13.0 Å². The lowest BCUT2D eigenvalue weighted by Gasteiger charge is -2.42. The van der Waals surface area contributed by atoms with Crippen molar-refractivity contribution in [1.82, 2.24) is 4.90 Å². The zero-order valence-electron chi connectivity index (χ0n) is 13.9. The summed E-state index contributed by atoms with van der Waals surface area (Å²) < 4.78 is 5.39. The van der Waals surface area contributed by atoms with Crippen LogP contribution < -0.4 is 4.74 Å². The molecule has 23 heavy (non-hydrogen) atoms. The predicted octanol–water partition coefficient (Wildman–Crippen LogP) is 4.25. The van der Waals surface area contributed by atoms with Crippen LogP contribution in [0, 0.1) is 5.92 Å². The molecule has 1 saturated heterocycles. The van der Waals surface area contributed by atoms with Gasteiger partial charge in [0.15, 0.2) is 0 Å². The van der Waals surface area contributed by atoms with Gasteiger partial charge in [-0.2, -0.15) is 0 Å². The molecule has 0 aromatic heterocycles. The monoisotopic (exact) mass is 307 g/mol. The molecule has 2 nitrogen and oxygen atoms in total. The minimum Gasteiger partial charge on any atom is -0.497 e. The standard InChI is InChI=1S/C21H25NO/c1-23-19-9-10-20-17(13-19)7-8-18-15-22(12-11-21(18)20)14-16-5-3-2-4-6-16/h2-6,9-10,13,18,21H,7-8,11-12,14-15H2,1H3. The second-order valence-corrected chi connectivity index (χ2v) is 6.98. The molecular weight excluding hydrogens is 282 g/mol. The van der Waals surface area contributed by atoms with Gasteiger partial charge in [-0.25, -0.2) is 0 Å². The van der Waals surface area contributed by atoms with E-state index in [1.54, 1.807) is 12.7 Å². The molecule has 2 aromatic rings. The Morgan fingerprint density at radius 1 is 1.09 bits per heavy atom. The molecule has 2 aromatic carbocycles. The van der Waals surface area contributed by atoms with Crippen LogP contribution >= 0.6 is 0 Å². The second-order valence-electron chi connectivity index (χ2n) is 6.98. The second kappa shape index (κ2) is 6.37. The summed E-state index contributed by atoms with van der Waals surface area (Å²) >= 11 is 0. The Hall–Kier alpha value is -1.80. The summed E-state index contributed by atoms with van der Waals surface area (Å²) in [5, 5.41) is 0. The third kappa shape index (κ3) is 3.00. The van der Waals surface area contributed by atoms with Crippen molar-refractivity contribution in [2.45, 2.75) is 31.7 Å². The summed E-state index contributed by atoms with van der Waals surface area (Å²) in [5.74, 6) is 2.56. The molecule has 4 rings (SSSR count). The van der Waals surface area contributed by atoms with Gasteiger partial charge in [0.25, 0.3) is 0 Å². The van der Waals surface area contributed by atoms with Gasteiger partial charge in [-0.1, -0.05) is 36.4 Å². The van der Waals surface area contributed by atoms with Crippen LogP contribution in [0.25, 0.3) is 0 Å². The quantitative estimate of drug-likeness (QED) is 0.840. The van der Waals surface area contributed by atoms with Crippen molar-refractivity contribution in [2.24, 2.45) is 5.92 Å². The van der Waals surface area contributed by atoms with Gasteiger partial charge in [0.2, 0.25) is 0 Å². The van der Waals surface area contributed by atoms with Crippen molar-refractivity contribution < 1.29 is 4.74 Å². The van der Waals surface area contributed by atoms with Gasteiger partial charge in [0.1, 0.15) is 5.75 Å². The molecule has 2 unspecified atom stereocenters. The number of aryl methyl sites for hydroxylation is 1. The van der Waals surface area contributed by atoms with Gasteiger partial charge >= 0.3 is 0 Å². The van der Waals surface area contributed by atoms with Crippen molar-refractivity contribution in [3.63, 3.8) is 0 Å². The summed E-state index contributed by atoms with van der Waals surface area (Å²) in [6.45, 7) is 3.55. The minimum atomic E-state index is 0.747. The number of benzene rings is 2. The summed E-state index contributed by atoms with van der Waals surface area (Å²) in [7, 11) is 1.76. The molecule has 0 saturated carbocycles. The Kier molecular flexibility index (Phi) is 4.09. The molecule has 120 valence electrons. The molecule has 1 heterocycles. The SMILES string of the molecule is COc1ccc2c(c1)CCC1CN(Cc3ccccc3)CCC21. The van der Waals surface area contributed by atoms with Gasteiger partial charge < -0.3 is 4.74 Å². The highest BCUT2D eigenvalue weighted by Gasteiger charge is 2.34. The highest BCUT2D eigenvalue weighted by atomic mass is 16.5. The number of hydrogen-bond donors (Lipinski definition) is 0. The third-order valence-electron chi connectivity index (χ3n) is 5.60. The molecule has 1 aliphatic carbocycles. The number of fused-ring (bicyclic) bond motifs is 3. The molecule has 0 N–H and O–H groups in total. The van der Waals surface area contributed by atoms with E-state index in [0.29, 0.717) is 0 Å². The third-order valence-corrected chi connectivity index (χ3v) is 5.60. The first-order chi connectivity index (χ1) is 11.3. The van der Waals surface area contributed by atoms with Gasteiger partial charge in [0.05, 0.1) is 7.11 Å². The van der Waals surface area contributed by atoms with Crippen molar-refractivity contribution in [1.29, 1.82) is 0 Å². The van der Waals surface area contributed by atoms with E-state index in [1.807, 2.05) is 0 Å². The lowest BCUT2D eigenvalue weighted by molar-refractivity contribution is 0.135. The number of nitrogens with zero attached hydrogens (tertiary/aromatic N) is 1. The Morgan fingerprint density at radius 3 is 2.78 bits per heavy atom.